The van der Waals surface area contributed by atoms with E-state index in [9.17, 15) is 0 Å². The lowest BCUT2D eigenvalue weighted by molar-refractivity contribution is 0.154. The summed E-state index contributed by atoms with van der Waals surface area (Å²) in [6.45, 7) is 6.25. The maximum Gasteiger partial charge on any atom is 0.165 e. The summed E-state index contributed by atoms with van der Waals surface area (Å²) in [7, 11) is 0. The number of hydrogen-bond acceptors (Lipinski definition) is 5. The minimum atomic E-state index is 0.137. The molecule has 0 radical (unpaired) electrons. The summed E-state index contributed by atoms with van der Waals surface area (Å²) in [5.41, 5.74) is 1.17. The fraction of sp³-hybridized carbons (Fsp3) is 0.500. The molecule has 0 aliphatic carbocycles. The van der Waals surface area contributed by atoms with E-state index >= 15 is 0 Å². The first-order valence-corrected chi connectivity index (χ1v) is 6.84. The van der Waals surface area contributed by atoms with Crippen molar-refractivity contribution in [3.63, 3.8) is 0 Å². The Morgan fingerprint density at radius 3 is 2.65 bits per heavy atom. The molecule has 1 aromatic heterocycles. The summed E-state index contributed by atoms with van der Waals surface area (Å²) >= 11 is 0. The Bertz CT molecular complexity index is 511. The standard InChI is InChI=1S/C14H21N5O/c1-12(2)18(8-9-20)11-14-15-16-17-19(14)10-13-6-4-3-5-7-13/h3-7,12,20H,8-11H2,1-2H3. The zero-order valence-electron chi connectivity index (χ0n) is 12.0. The summed E-state index contributed by atoms with van der Waals surface area (Å²) < 4.78 is 1.81. The highest BCUT2D eigenvalue weighted by Crippen LogP contribution is 2.07. The van der Waals surface area contributed by atoms with E-state index in [2.05, 4.69) is 46.4 Å². The van der Waals surface area contributed by atoms with E-state index in [-0.39, 0.29) is 6.61 Å². The van der Waals surface area contributed by atoms with Crippen molar-refractivity contribution in [3.8, 4) is 0 Å². The molecule has 0 bridgehead atoms. The van der Waals surface area contributed by atoms with E-state index in [4.69, 9.17) is 5.11 Å². The van der Waals surface area contributed by atoms with Crippen molar-refractivity contribution >= 4 is 0 Å². The Morgan fingerprint density at radius 1 is 1.25 bits per heavy atom. The molecule has 0 atom stereocenters. The smallest absolute Gasteiger partial charge is 0.165 e. The first kappa shape index (κ1) is 14.6. The third-order valence-corrected chi connectivity index (χ3v) is 3.24. The average molecular weight is 275 g/mol. The Kier molecular flexibility index (Phi) is 5.20. The van der Waals surface area contributed by atoms with E-state index < -0.39 is 0 Å². The van der Waals surface area contributed by atoms with Crippen LogP contribution in [0.25, 0.3) is 0 Å². The molecule has 0 unspecified atom stereocenters. The van der Waals surface area contributed by atoms with E-state index in [1.165, 1.54) is 5.56 Å². The number of aliphatic hydroxyl groups excluding tert-OH is 1. The molecule has 0 saturated carbocycles. The summed E-state index contributed by atoms with van der Waals surface area (Å²) in [6, 6.07) is 10.4. The quantitative estimate of drug-likeness (QED) is 0.814. The van der Waals surface area contributed by atoms with Crippen molar-refractivity contribution < 1.29 is 5.11 Å². The predicted octanol–water partition coefficient (Wildman–Crippen LogP) is 0.924. The van der Waals surface area contributed by atoms with Crippen LogP contribution < -0.4 is 0 Å². The molecule has 0 aliphatic rings. The average Bonchev–Trinajstić information content (AvgIpc) is 2.86. The number of aliphatic hydroxyl groups is 1. The molecule has 6 nitrogen and oxygen atoms in total. The van der Waals surface area contributed by atoms with Gasteiger partial charge in [0.2, 0.25) is 0 Å². The van der Waals surface area contributed by atoms with Crippen LogP contribution >= 0.6 is 0 Å². The van der Waals surface area contributed by atoms with Gasteiger partial charge in [-0.1, -0.05) is 30.3 Å². The van der Waals surface area contributed by atoms with E-state index in [1.54, 1.807) is 0 Å². The molecule has 0 amide bonds. The Labute approximate surface area is 119 Å². The highest BCUT2D eigenvalue weighted by atomic mass is 16.3. The number of aromatic nitrogens is 4. The van der Waals surface area contributed by atoms with Gasteiger partial charge in [-0.25, -0.2) is 4.68 Å². The third-order valence-electron chi connectivity index (χ3n) is 3.24. The molecular formula is C14H21N5O. The first-order chi connectivity index (χ1) is 9.70. The number of benzene rings is 1. The predicted molar refractivity (Wildman–Crippen MR) is 76.0 cm³/mol. The third kappa shape index (κ3) is 3.85. The molecule has 2 rings (SSSR count). The lowest BCUT2D eigenvalue weighted by Crippen LogP contribution is -2.34. The molecule has 1 heterocycles. The number of hydrogen-bond donors (Lipinski definition) is 1. The molecule has 2 aromatic rings. The lowest BCUT2D eigenvalue weighted by Gasteiger charge is -2.24. The minimum absolute atomic E-state index is 0.137. The molecule has 0 fully saturated rings. The van der Waals surface area contributed by atoms with Crippen LogP contribution in [-0.4, -0.2) is 49.4 Å². The summed E-state index contributed by atoms with van der Waals surface area (Å²) in [6.07, 6.45) is 0. The maximum absolute atomic E-state index is 9.12. The van der Waals surface area contributed by atoms with Gasteiger partial charge in [-0.2, -0.15) is 0 Å². The molecule has 0 aliphatic heterocycles. The van der Waals surface area contributed by atoms with Crippen molar-refractivity contribution in [1.82, 2.24) is 25.1 Å². The number of rotatable bonds is 7. The minimum Gasteiger partial charge on any atom is -0.395 e. The largest absolute Gasteiger partial charge is 0.395 e. The van der Waals surface area contributed by atoms with Gasteiger partial charge in [0.15, 0.2) is 5.82 Å². The van der Waals surface area contributed by atoms with E-state index in [1.807, 2.05) is 22.9 Å². The summed E-state index contributed by atoms with van der Waals surface area (Å²) in [4.78, 5) is 2.15. The highest BCUT2D eigenvalue weighted by molar-refractivity contribution is 5.14. The fourth-order valence-electron chi connectivity index (χ4n) is 2.05. The van der Waals surface area contributed by atoms with Gasteiger partial charge in [-0.05, 0) is 29.8 Å². The molecule has 0 spiro atoms. The van der Waals surface area contributed by atoms with Crippen LogP contribution in [0.15, 0.2) is 30.3 Å². The first-order valence-electron chi connectivity index (χ1n) is 6.84. The zero-order valence-corrected chi connectivity index (χ0v) is 12.0. The second-order valence-electron chi connectivity index (χ2n) is 5.03. The zero-order chi connectivity index (χ0) is 14.4. The molecular weight excluding hydrogens is 254 g/mol. The molecule has 108 valence electrons. The SMILES string of the molecule is CC(C)N(CCO)Cc1nnnn1Cc1ccccc1. The van der Waals surface area contributed by atoms with Gasteiger partial charge >= 0.3 is 0 Å². The van der Waals surface area contributed by atoms with Gasteiger partial charge in [-0.3, -0.25) is 4.90 Å². The lowest BCUT2D eigenvalue weighted by atomic mass is 10.2. The van der Waals surface area contributed by atoms with Crippen LogP contribution in [0.5, 0.6) is 0 Å². The van der Waals surface area contributed by atoms with Crippen molar-refractivity contribution in [2.24, 2.45) is 0 Å². The monoisotopic (exact) mass is 275 g/mol. The Hall–Kier alpha value is -1.79. The fourth-order valence-corrected chi connectivity index (χ4v) is 2.05. The van der Waals surface area contributed by atoms with Gasteiger partial charge < -0.3 is 5.11 Å². The number of nitrogens with zero attached hydrogens (tertiary/aromatic N) is 5. The van der Waals surface area contributed by atoms with Gasteiger partial charge in [-0.15, -0.1) is 5.10 Å². The van der Waals surface area contributed by atoms with Crippen LogP contribution in [0.1, 0.15) is 25.2 Å². The second kappa shape index (κ2) is 7.12. The van der Waals surface area contributed by atoms with Crippen LogP contribution in [0.4, 0.5) is 0 Å². The van der Waals surface area contributed by atoms with Crippen molar-refractivity contribution in [3.05, 3.63) is 41.7 Å². The van der Waals surface area contributed by atoms with Crippen LogP contribution in [0.3, 0.4) is 0 Å². The van der Waals surface area contributed by atoms with Crippen molar-refractivity contribution in [1.29, 1.82) is 0 Å². The second-order valence-corrected chi connectivity index (χ2v) is 5.03. The van der Waals surface area contributed by atoms with Crippen molar-refractivity contribution in [2.45, 2.75) is 33.0 Å². The van der Waals surface area contributed by atoms with E-state index in [0.717, 1.165) is 5.82 Å². The molecule has 0 saturated heterocycles. The van der Waals surface area contributed by atoms with Gasteiger partial charge in [0.05, 0.1) is 19.7 Å². The van der Waals surface area contributed by atoms with E-state index in [0.29, 0.717) is 25.7 Å². The Balaban J connectivity index is 2.08. The van der Waals surface area contributed by atoms with Crippen LogP contribution in [0, 0.1) is 0 Å². The normalized spacial score (nSPS) is 11.4. The summed E-state index contributed by atoms with van der Waals surface area (Å²) in [5, 5.41) is 21.0. The van der Waals surface area contributed by atoms with Crippen molar-refractivity contribution in [2.75, 3.05) is 13.2 Å². The van der Waals surface area contributed by atoms with Gasteiger partial charge in [0.1, 0.15) is 0 Å². The molecule has 6 heteroatoms. The molecule has 1 N–H and O–H groups in total. The van der Waals surface area contributed by atoms with Crippen LogP contribution in [0.2, 0.25) is 0 Å². The highest BCUT2D eigenvalue weighted by Gasteiger charge is 2.14. The van der Waals surface area contributed by atoms with Crippen LogP contribution in [-0.2, 0) is 13.1 Å². The maximum atomic E-state index is 9.12. The number of tetrazole rings is 1. The van der Waals surface area contributed by atoms with Gasteiger partial charge in [0, 0.05) is 12.6 Å². The Morgan fingerprint density at radius 2 is 2.00 bits per heavy atom. The van der Waals surface area contributed by atoms with Gasteiger partial charge in [0.25, 0.3) is 0 Å². The molecule has 1 aromatic carbocycles. The summed E-state index contributed by atoms with van der Waals surface area (Å²) in [5.74, 6) is 0.816. The molecule has 20 heavy (non-hydrogen) atoms. The topological polar surface area (TPSA) is 67.1 Å².